The Morgan fingerprint density at radius 2 is 0.857 bits per heavy atom. The van der Waals surface area contributed by atoms with Gasteiger partial charge in [0.2, 0.25) is 0 Å². The van der Waals surface area contributed by atoms with Gasteiger partial charge in [-0.05, 0) is 85.3 Å². The number of benzene rings is 4. The van der Waals surface area contributed by atoms with Crippen molar-refractivity contribution < 1.29 is 18.8 Å². The van der Waals surface area contributed by atoms with Crippen LogP contribution in [0.3, 0.4) is 0 Å². The molecule has 0 N–H and O–H groups in total. The van der Waals surface area contributed by atoms with Crippen molar-refractivity contribution >= 4 is 7.69 Å². The minimum atomic E-state index is 0.123. The molecule has 0 heterocycles. The van der Waals surface area contributed by atoms with E-state index < -0.39 is 0 Å². The highest BCUT2D eigenvalue weighted by molar-refractivity contribution is 6.21. The Hall–Kier alpha value is -3.86. The molecule has 0 aliphatic carbocycles. The third-order valence-electron chi connectivity index (χ3n) is 5.77. The maximum atomic E-state index is 6.03. The lowest BCUT2D eigenvalue weighted by atomic mass is 10.1. The number of rotatable bonds is 10. The molecule has 0 aliphatic heterocycles. The topological polar surface area (TPSA) is 36.9 Å². The molecule has 0 saturated carbocycles. The smallest absolute Gasteiger partial charge is 0.528 e. The number of aryl methyl sites for hydroxylation is 4. The van der Waals surface area contributed by atoms with E-state index in [1.54, 1.807) is 0 Å². The summed E-state index contributed by atoms with van der Waals surface area (Å²) < 4.78 is 24.0. The zero-order chi connectivity index (χ0) is 24.6. The molecule has 4 nitrogen and oxygen atoms in total. The molecule has 0 unspecified atom stereocenters. The average molecular weight is 466 g/mol. The zero-order valence-electron chi connectivity index (χ0n) is 20.8. The summed E-state index contributed by atoms with van der Waals surface area (Å²) in [6.07, 6.45) is 0. The monoisotopic (exact) mass is 466 g/mol. The van der Waals surface area contributed by atoms with Crippen molar-refractivity contribution in [2.24, 2.45) is 0 Å². The van der Waals surface area contributed by atoms with Crippen molar-refractivity contribution in [1.29, 1.82) is 0 Å². The summed E-state index contributed by atoms with van der Waals surface area (Å²) in [4.78, 5) is 0. The van der Waals surface area contributed by atoms with Crippen LogP contribution in [0.5, 0.6) is 23.0 Å². The fourth-order valence-electron chi connectivity index (χ4n) is 4.07. The molecule has 4 rings (SSSR count). The molecule has 4 aromatic carbocycles. The summed E-state index contributed by atoms with van der Waals surface area (Å²) in [5.41, 5.74) is 6.31. The van der Waals surface area contributed by atoms with Gasteiger partial charge in [-0.15, -0.1) is 0 Å². The van der Waals surface area contributed by atoms with E-state index in [-0.39, 0.29) is 7.69 Å². The highest BCUT2D eigenvalue weighted by atomic mass is 16.6. The largest absolute Gasteiger partial charge is 0.576 e. The van der Waals surface area contributed by atoms with Gasteiger partial charge in [-0.25, -0.2) is 0 Å². The van der Waals surface area contributed by atoms with Gasteiger partial charge in [0.1, 0.15) is 36.2 Å². The Morgan fingerprint density at radius 1 is 0.514 bits per heavy atom. The molecular formula is C30H31BO4. The lowest BCUT2D eigenvalue weighted by Gasteiger charge is -2.17. The third-order valence-corrected chi connectivity index (χ3v) is 5.77. The molecule has 0 aromatic heterocycles. The molecule has 0 spiro atoms. The van der Waals surface area contributed by atoms with Crippen molar-refractivity contribution in [2.75, 3.05) is 0 Å². The van der Waals surface area contributed by atoms with Gasteiger partial charge >= 0.3 is 7.69 Å². The molecule has 0 radical (unpaired) electrons. The van der Waals surface area contributed by atoms with Crippen molar-refractivity contribution in [1.82, 2.24) is 0 Å². The fourth-order valence-corrected chi connectivity index (χ4v) is 4.07. The van der Waals surface area contributed by atoms with Crippen LogP contribution >= 0.6 is 0 Å². The van der Waals surface area contributed by atoms with Crippen LogP contribution in [0.2, 0.25) is 0 Å². The van der Waals surface area contributed by atoms with Crippen molar-refractivity contribution in [3.8, 4) is 23.0 Å². The van der Waals surface area contributed by atoms with E-state index in [0.717, 1.165) is 56.4 Å². The Bertz CT molecular complexity index is 1110. The SMILES string of the molecule is Cc1cc(OCc2ccccc2)cc(C)c1OBOc1c(C)cc(OCc2ccccc2)cc1C. The average Bonchev–Trinajstić information content (AvgIpc) is 2.86. The van der Waals surface area contributed by atoms with E-state index >= 15 is 0 Å². The third kappa shape index (κ3) is 6.60. The van der Waals surface area contributed by atoms with Gasteiger partial charge in [0, 0.05) is 0 Å². The summed E-state index contributed by atoms with van der Waals surface area (Å²) >= 11 is 0. The van der Waals surface area contributed by atoms with Gasteiger partial charge < -0.3 is 18.8 Å². The number of hydrogen-bond donors (Lipinski definition) is 0. The molecule has 178 valence electrons. The van der Waals surface area contributed by atoms with Crippen molar-refractivity contribution in [3.63, 3.8) is 0 Å². The van der Waals surface area contributed by atoms with Gasteiger partial charge in [-0.2, -0.15) is 0 Å². The van der Waals surface area contributed by atoms with E-state index in [4.69, 9.17) is 18.8 Å². The van der Waals surface area contributed by atoms with Crippen LogP contribution in [0.1, 0.15) is 33.4 Å². The summed E-state index contributed by atoms with van der Waals surface area (Å²) in [5, 5.41) is 0. The van der Waals surface area contributed by atoms with Crippen LogP contribution in [0.15, 0.2) is 84.9 Å². The number of hydrogen-bond acceptors (Lipinski definition) is 4. The first kappa shape index (κ1) is 24.3. The predicted molar refractivity (Wildman–Crippen MR) is 142 cm³/mol. The van der Waals surface area contributed by atoms with E-state index in [0.29, 0.717) is 13.2 Å². The molecule has 4 aromatic rings. The molecule has 0 atom stereocenters. The molecule has 5 heteroatoms. The van der Waals surface area contributed by atoms with Gasteiger partial charge in [0.05, 0.1) is 0 Å². The Kier molecular flexibility index (Phi) is 7.99. The van der Waals surface area contributed by atoms with Crippen LogP contribution < -0.4 is 18.8 Å². The molecular weight excluding hydrogens is 435 g/mol. The van der Waals surface area contributed by atoms with Crippen LogP contribution in [0.4, 0.5) is 0 Å². The maximum absolute atomic E-state index is 6.03. The second kappa shape index (κ2) is 11.5. The molecule has 0 aliphatic rings. The van der Waals surface area contributed by atoms with Crippen LogP contribution in [-0.2, 0) is 13.2 Å². The van der Waals surface area contributed by atoms with Gasteiger partial charge in [0.25, 0.3) is 0 Å². The van der Waals surface area contributed by atoms with E-state index in [1.807, 2.05) is 88.4 Å². The van der Waals surface area contributed by atoms with Crippen molar-refractivity contribution in [3.05, 3.63) is 118 Å². The first-order valence-corrected chi connectivity index (χ1v) is 11.8. The highest BCUT2D eigenvalue weighted by Gasteiger charge is 2.12. The minimum absolute atomic E-state index is 0.123. The van der Waals surface area contributed by atoms with E-state index in [9.17, 15) is 0 Å². The summed E-state index contributed by atoms with van der Waals surface area (Å²) in [5.74, 6) is 3.29. The lowest BCUT2D eigenvalue weighted by Crippen LogP contribution is -2.14. The molecule has 0 bridgehead atoms. The second-order valence-electron chi connectivity index (χ2n) is 8.73. The van der Waals surface area contributed by atoms with Crippen molar-refractivity contribution in [2.45, 2.75) is 40.9 Å². The second-order valence-corrected chi connectivity index (χ2v) is 8.73. The van der Waals surface area contributed by atoms with Crippen LogP contribution in [-0.4, -0.2) is 7.69 Å². The molecule has 0 fully saturated rings. The molecule has 0 amide bonds. The molecule has 0 saturated heterocycles. The molecule has 35 heavy (non-hydrogen) atoms. The summed E-state index contributed by atoms with van der Waals surface area (Å²) in [6.45, 7) is 9.15. The summed E-state index contributed by atoms with van der Waals surface area (Å²) in [6, 6.07) is 28.3. The van der Waals surface area contributed by atoms with E-state index in [1.165, 1.54) is 0 Å². The van der Waals surface area contributed by atoms with Gasteiger partial charge in [0.15, 0.2) is 0 Å². The Balaban J connectivity index is 1.34. The van der Waals surface area contributed by atoms with Gasteiger partial charge in [-0.1, -0.05) is 60.7 Å². The van der Waals surface area contributed by atoms with E-state index in [2.05, 4.69) is 24.3 Å². The Morgan fingerprint density at radius 3 is 1.20 bits per heavy atom. The highest BCUT2D eigenvalue weighted by Crippen LogP contribution is 2.31. The first-order valence-electron chi connectivity index (χ1n) is 11.8. The summed E-state index contributed by atoms with van der Waals surface area (Å²) in [7, 11) is 0.123. The normalized spacial score (nSPS) is 10.5. The number of ether oxygens (including phenoxy) is 2. The minimum Gasteiger partial charge on any atom is -0.528 e. The first-order chi connectivity index (χ1) is 17.0. The zero-order valence-corrected chi connectivity index (χ0v) is 20.8. The fraction of sp³-hybridized carbons (Fsp3) is 0.200. The van der Waals surface area contributed by atoms with Gasteiger partial charge in [-0.3, -0.25) is 0 Å². The van der Waals surface area contributed by atoms with Crippen LogP contribution in [0.25, 0.3) is 0 Å². The maximum Gasteiger partial charge on any atom is 0.576 e. The standard InChI is InChI=1S/C30H31BO4/c1-21-15-27(32-19-25-11-7-5-8-12-25)16-22(2)29(21)34-31-35-30-23(3)17-28(18-24(30)4)33-20-26-13-9-6-10-14-26/h5-18,31H,19-20H2,1-4H3. The predicted octanol–water partition coefficient (Wildman–Crippen LogP) is 6.80. The quantitative estimate of drug-likeness (QED) is 0.241. The Labute approximate surface area is 208 Å². The lowest BCUT2D eigenvalue weighted by molar-refractivity contribution is 0.305. The van der Waals surface area contributed by atoms with Crippen LogP contribution in [0, 0.1) is 27.7 Å².